The van der Waals surface area contributed by atoms with Crippen LogP contribution in [0.15, 0.2) is 36.5 Å². The number of nitrogens with two attached hydrogens (primary N) is 1. The van der Waals surface area contributed by atoms with Gasteiger partial charge in [-0.1, -0.05) is 12.1 Å². The molecular formula is C17H21BClN3O6. The second-order valence-electron chi connectivity index (χ2n) is 5.95. The van der Waals surface area contributed by atoms with Crippen molar-refractivity contribution in [2.45, 2.75) is 25.3 Å². The smallest absolute Gasteiger partial charge is 0.475 e. The summed E-state index contributed by atoms with van der Waals surface area (Å²) < 4.78 is 0. The van der Waals surface area contributed by atoms with E-state index in [4.69, 9.17) is 10.8 Å². The first-order chi connectivity index (χ1) is 12.8. The van der Waals surface area contributed by atoms with Crippen molar-refractivity contribution >= 4 is 31.4 Å². The Morgan fingerprint density at radius 2 is 1.96 bits per heavy atom. The summed E-state index contributed by atoms with van der Waals surface area (Å²) in [6.07, 6.45) is 1.33. The first kappa shape index (κ1) is 23.4. The van der Waals surface area contributed by atoms with Crippen LogP contribution in [0.25, 0.3) is 0 Å². The predicted molar refractivity (Wildman–Crippen MR) is 104 cm³/mol. The molecule has 150 valence electrons. The van der Waals surface area contributed by atoms with E-state index >= 15 is 0 Å². The topological polar surface area (TPSA) is 166 Å². The minimum atomic E-state index is -1.90. The molecule has 1 atom stereocenters. The van der Waals surface area contributed by atoms with Gasteiger partial charge in [0.1, 0.15) is 11.3 Å². The van der Waals surface area contributed by atoms with Crippen LogP contribution in [0.1, 0.15) is 27.2 Å². The predicted octanol–water partition coefficient (Wildman–Crippen LogP) is -0.352. The summed E-state index contributed by atoms with van der Waals surface area (Å²) in [4.78, 5) is 27.3. The van der Waals surface area contributed by atoms with Crippen LogP contribution in [-0.2, 0) is 24.2 Å². The van der Waals surface area contributed by atoms with E-state index in [2.05, 4.69) is 10.3 Å². The average Bonchev–Trinajstić information content (AvgIpc) is 2.62. The summed E-state index contributed by atoms with van der Waals surface area (Å²) in [5.74, 6) is -3.40. The summed E-state index contributed by atoms with van der Waals surface area (Å²) in [7, 11) is -1.90. The molecule has 0 bridgehead atoms. The molecule has 9 nitrogen and oxygen atoms in total. The third kappa shape index (κ3) is 6.20. The molecule has 11 heteroatoms. The first-order valence-corrected chi connectivity index (χ1v) is 8.15. The number of carbonyl (C=O) groups is 2. The molecular weight excluding hydrogens is 388 g/mol. The number of halogens is 1. The third-order valence-electron chi connectivity index (χ3n) is 3.95. The number of phenols is 1. The summed E-state index contributed by atoms with van der Waals surface area (Å²) in [6, 6.07) is 7.41. The van der Waals surface area contributed by atoms with E-state index in [1.54, 1.807) is 12.1 Å². The lowest BCUT2D eigenvalue weighted by Gasteiger charge is -2.19. The van der Waals surface area contributed by atoms with Crippen molar-refractivity contribution in [3.8, 4) is 5.75 Å². The Morgan fingerprint density at radius 3 is 2.57 bits per heavy atom. The minimum Gasteiger partial charge on any atom is -0.507 e. The highest BCUT2D eigenvalue weighted by Crippen LogP contribution is 2.24. The Labute approximate surface area is 167 Å². The summed E-state index contributed by atoms with van der Waals surface area (Å²) in [5.41, 5.74) is 6.65. The fraction of sp³-hybridized carbons (Fsp3) is 0.235. The number of hydrogen-bond donors (Lipinski definition) is 6. The van der Waals surface area contributed by atoms with Gasteiger partial charge in [-0.2, -0.15) is 0 Å². The number of amides is 1. The lowest BCUT2D eigenvalue weighted by Crippen LogP contribution is -2.48. The Kier molecular flexibility index (Phi) is 8.87. The van der Waals surface area contributed by atoms with Gasteiger partial charge in [0.25, 0.3) is 0 Å². The lowest BCUT2D eigenvalue weighted by molar-refractivity contribution is -0.120. The van der Waals surface area contributed by atoms with E-state index in [1.165, 1.54) is 24.4 Å². The van der Waals surface area contributed by atoms with Crippen molar-refractivity contribution in [1.82, 2.24) is 10.3 Å². The van der Waals surface area contributed by atoms with Gasteiger partial charge < -0.3 is 31.3 Å². The van der Waals surface area contributed by atoms with Crippen LogP contribution >= 0.6 is 12.4 Å². The Hall–Kier alpha value is -2.66. The Balaban J connectivity index is 0.00000392. The van der Waals surface area contributed by atoms with E-state index in [1.807, 2.05) is 0 Å². The molecule has 0 unspecified atom stereocenters. The van der Waals surface area contributed by atoms with E-state index in [0.29, 0.717) is 11.3 Å². The molecule has 2 rings (SSSR count). The van der Waals surface area contributed by atoms with Crippen LogP contribution in [0.2, 0.25) is 0 Å². The Bertz CT molecular complexity index is 836. The van der Waals surface area contributed by atoms with Crippen LogP contribution in [0, 0.1) is 0 Å². The second-order valence-corrected chi connectivity index (χ2v) is 5.95. The molecule has 0 saturated heterocycles. The van der Waals surface area contributed by atoms with Crippen molar-refractivity contribution in [3.05, 3.63) is 58.9 Å². The molecule has 1 aromatic heterocycles. The number of benzene rings is 1. The van der Waals surface area contributed by atoms with Crippen LogP contribution in [0.4, 0.5) is 0 Å². The monoisotopic (exact) mass is 409 g/mol. The van der Waals surface area contributed by atoms with Crippen molar-refractivity contribution in [2.24, 2.45) is 5.73 Å². The first-order valence-electron chi connectivity index (χ1n) is 8.15. The zero-order valence-corrected chi connectivity index (χ0v) is 15.6. The second kappa shape index (κ2) is 10.6. The van der Waals surface area contributed by atoms with Crippen LogP contribution in [0.5, 0.6) is 5.75 Å². The molecule has 0 spiro atoms. The van der Waals surface area contributed by atoms with Gasteiger partial charge >= 0.3 is 13.1 Å². The van der Waals surface area contributed by atoms with Gasteiger partial charge in [0.2, 0.25) is 5.91 Å². The molecule has 1 aromatic carbocycles. The van der Waals surface area contributed by atoms with Gasteiger partial charge in [0, 0.05) is 12.7 Å². The maximum atomic E-state index is 12.2. The zero-order chi connectivity index (χ0) is 20.0. The van der Waals surface area contributed by atoms with E-state index < -0.39 is 30.7 Å². The molecule has 2 aromatic rings. The van der Waals surface area contributed by atoms with E-state index in [9.17, 15) is 24.7 Å². The maximum absolute atomic E-state index is 12.2. The third-order valence-corrected chi connectivity index (χ3v) is 3.95. The number of carboxylic acids is 1. The largest absolute Gasteiger partial charge is 0.507 e. The number of nitrogens with zero attached hydrogens (tertiary/aromatic N) is 1. The van der Waals surface area contributed by atoms with Crippen LogP contribution in [0.3, 0.4) is 0 Å². The van der Waals surface area contributed by atoms with Gasteiger partial charge in [-0.15, -0.1) is 12.4 Å². The molecule has 0 radical (unpaired) electrons. The van der Waals surface area contributed by atoms with Crippen molar-refractivity contribution in [3.63, 3.8) is 0 Å². The average molecular weight is 410 g/mol. The van der Waals surface area contributed by atoms with Crippen molar-refractivity contribution in [2.75, 3.05) is 0 Å². The summed E-state index contributed by atoms with van der Waals surface area (Å²) >= 11 is 0. The number of para-hydroxylation sites is 1. The number of aromatic carboxylic acids is 1. The SMILES string of the molecule is Cl.NCc1cc(CC(=O)N[C@@H](Cc2cccc(C(=O)O)c2O)B(O)O)ccn1. The van der Waals surface area contributed by atoms with Crippen LogP contribution < -0.4 is 11.1 Å². The number of carboxylic acid groups (broad SMARTS) is 1. The van der Waals surface area contributed by atoms with Gasteiger partial charge in [-0.25, -0.2) is 4.79 Å². The lowest BCUT2D eigenvalue weighted by atomic mass is 9.75. The maximum Gasteiger partial charge on any atom is 0.475 e. The number of aromatic nitrogens is 1. The fourth-order valence-electron chi connectivity index (χ4n) is 2.59. The normalized spacial score (nSPS) is 11.2. The Morgan fingerprint density at radius 1 is 1.25 bits per heavy atom. The molecule has 0 aliphatic rings. The number of carbonyl (C=O) groups excluding carboxylic acids is 1. The number of pyridine rings is 1. The fourth-order valence-corrected chi connectivity index (χ4v) is 2.59. The van der Waals surface area contributed by atoms with Gasteiger partial charge in [-0.3, -0.25) is 9.78 Å². The number of aromatic hydroxyl groups is 1. The summed E-state index contributed by atoms with van der Waals surface area (Å²) in [5, 5.41) is 40.7. The molecule has 7 N–H and O–H groups in total. The number of rotatable bonds is 8. The van der Waals surface area contributed by atoms with Crippen molar-refractivity contribution in [1.29, 1.82) is 0 Å². The molecule has 1 heterocycles. The van der Waals surface area contributed by atoms with E-state index in [0.717, 1.165) is 0 Å². The molecule has 0 fully saturated rings. The minimum absolute atomic E-state index is 0. The molecule has 0 aliphatic carbocycles. The summed E-state index contributed by atoms with van der Waals surface area (Å²) in [6.45, 7) is 0.229. The van der Waals surface area contributed by atoms with Gasteiger partial charge in [0.05, 0.1) is 18.1 Å². The highest BCUT2D eigenvalue weighted by Gasteiger charge is 2.27. The highest BCUT2D eigenvalue weighted by molar-refractivity contribution is 6.43. The number of nitrogens with one attached hydrogen (secondary N) is 1. The standard InChI is InChI=1S/C17H20BN3O6.ClH/c19-9-12-6-10(4-5-20-12)7-15(22)21-14(18(26)27)8-11-2-1-3-13(16(11)23)17(24)25;/h1-6,14,23,26-27H,7-9,19H2,(H,21,22)(H,24,25);1H/t14-;/m0./s1. The highest BCUT2D eigenvalue weighted by atomic mass is 35.5. The van der Waals surface area contributed by atoms with Crippen molar-refractivity contribution < 1.29 is 29.9 Å². The quantitative estimate of drug-likeness (QED) is 0.322. The molecule has 1 amide bonds. The van der Waals surface area contributed by atoms with Gasteiger partial charge in [0.15, 0.2) is 0 Å². The molecule has 28 heavy (non-hydrogen) atoms. The molecule has 0 saturated carbocycles. The zero-order valence-electron chi connectivity index (χ0n) is 14.8. The molecule has 0 aliphatic heterocycles. The number of hydrogen-bond acceptors (Lipinski definition) is 7. The van der Waals surface area contributed by atoms with Crippen LogP contribution in [-0.4, -0.2) is 50.2 Å². The van der Waals surface area contributed by atoms with Gasteiger partial charge in [-0.05, 0) is 35.7 Å². The van der Waals surface area contributed by atoms with E-state index in [-0.39, 0.29) is 42.9 Å².